The Labute approximate surface area is 102 Å². The Morgan fingerprint density at radius 3 is 2.53 bits per heavy atom. The lowest BCUT2D eigenvalue weighted by Crippen LogP contribution is -2.46. The Hall–Kier alpha value is -1.10. The van der Waals surface area contributed by atoms with Crippen molar-refractivity contribution in [3.05, 3.63) is 0 Å². The molecule has 0 bridgehead atoms. The third kappa shape index (κ3) is 5.17. The van der Waals surface area contributed by atoms with Crippen molar-refractivity contribution in [1.29, 1.82) is 0 Å². The zero-order chi connectivity index (χ0) is 12.7. The Balaban J connectivity index is 2.26. The van der Waals surface area contributed by atoms with Crippen LogP contribution in [0.25, 0.3) is 0 Å². The Bertz CT molecular complexity index is 273. The maximum Gasteiger partial charge on any atom is 0.325 e. The molecule has 5 heteroatoms. The van der Waals surface area contributed by atoms with E-state index in [1.807, 2.05) is 0 Å². The lowest BCUT2D eigenvalue weighted by molar-refractivity contribution is -0.143. The molecule has 3 N–H and O–H groups in total. The van der Waals surface area contributed by atoms with Crippen molar-refractivity contribution < 1.29 is 14.3 Å². The maximum atomic E-state index is 11.6. The summed E-state index contributed by atoms with van der Waals surface area (Å²) in [7, 11) is 0. The molecule has 0 aromatic rings. The number of ether oxygens (including phenoxy) is 1. The summed E-state index contributed by atoms with van der Waals surface area (Å²) in [5, 5.41) is 2.55. The van der Waals surface area contributed by atoms with Gasteiger partial charge < -0.3 is 15.8 Å². The van der Waals surface area contributed by atoms with Crippen molar-refractivity contribution in [2.75, 3.05) is 13.2 Å². The van der Waals surface area contributed by atoms with Gasteiger partial charge in [0.1, 0.15) is 6.54 Å². The van der Waals surface area contributed by atoms with Crippen LogP contribution in [0, 0.1) is 0 Å². The minimum atomic E-state index is -0.407. The Kier molecular flexibility index (Phi) is 5.41. The van der Waals surface area contributed by atoms with Crippen LogP contribution in [0.1, 0.15) is 45.4 Å². The van der Waals surface area contributed by atoms with E-state index in [-0.39, 0.29) is 18.0 Å². The first kappa shape index (κ1) is 14.0. The summed E-state index contributed by atoms with van der Waals surface area (Å²) in [6.07, 6.45) is 5.44. The average Bonchev–Trinajstić information content (AvgIpc) is 2.27. The molecule has 1 rings (SSSR count). The second-order valence-electron chi connectivity index (χ2n) is 4.68. The molecule has 0 aromatic heterocycles. The van der Waals surface area contributed by atoms with Gasteiger partial charge in [0.25, 0.3) is 0 Å². The van der Waals surface area contributed by atoms with E-state index >= 15 is 0 Å². The van der Waals surface area contributed by atoms with E-state index in [0.29, 0.717) is 13.0 Å². The molecule has 1 aliphatic rings. The van der Waals surface area contributed by atoms with Crippen LogP contribution in [-0.4, -0.2) is 30.6 Å². The Morgan fingerprint density at radius 1 is 1.29 bits per heavy atom. The van der Waals surface area contributed by atoms with Crippen LogP contribution in [0.2, 0.25) is 0 Å². The summed E-state index contributed by atoms with van der Waals surface area (Å²) in [5.41, 5.74) is 5.77. The number of nitrogens with two attached hydrogens (primary N) is 1. The second kappa shape index (κ2) is 6.59. The van der Waals surface area contributed by atoms with Crippen molar-refractivity contribution in [3.63, 3.8) is 0 Å². The van der Waals surface area contributed by atoms with Crippen LogP contribution in [-0.2, 0) is 14.3 Å². The second-order valence-corrected chi connectivity index (χ2v) is 4.68. The molecule has 98 valence electrons. The zero-order valence-electron chi connectivity index (χ0n) is 10.5. The molecule has 0 spiro atoms. The summed E-state index contributed by atoms with van der Waals surface area (Å²) < 4.78 is 4.72. The molecule has 0 aliphatic heterocycles. The fourth-order valence-corrected chi connectivity index (χ4v) is 2.20. The van der Waals surface area contributed by atoms with Crippen LogP contribution in [0.5, 0.6) is 0 Å². The highest BCUT2D eigenvalue weighted by atomic mass is 16.5. The molecule has 0 radical (unpaired) electrons. The van der Waals surface area contributed by atoms with E-state index < -0.39 is 5.97 Å². The van der Waals surface area contributed by atoms with Gasteiger partial charge in [0.05, 0.1) is 6.61 Å². The average molecular weight is 242 g/mol. The van der Waals surface area contributed by atoms with E-state index in [1.54, 1.807) is 6.92 Å². The number of nitrogens with one attached hydrogen (secondary N) is 1. The minimum Gasteiger partial charge on any atom is -0.465 e. The molecule has 0 aromatic carbocycles. The zero-order valence-corrected chi connectivity index (χ0v) is 10.5. The van der Waals surface area contributed by atoms with Crippen LogP contribution < -0.4 is 11.1 Å². The molecular weight excluding hydrogens is 220 g/mol. The predicted octanol–water partition coefficient (Wildman–Crippen LogP) is 0.717. The molecule has 1 saturated carbocycles. The molecule has 0 unspecified atom stereocenters. The quantitative estimate of drug-likeness (QED) is 0.696. The highest BCUT2D eigenvalue weighted by molar-refractivity contribution is 5.82. The molecular formula is C12H22N2O3. The van der Waals surface area contributed by atoms with Crippen molar-refractivity contribution in [1.82, 2.24) is 5.32 Å². The fourth-order valence-electron chi connectivity index (χ4n) is 2.20. The monoisotopic (exact) mass is 242 g/mol. The van der Waals surface area contributed by atoms with E-state index in [9.17, 15) is 9.59 Å². The van der Waals surface area contributed by atoms with Crippen LogP contribution in [0.4, 0.5) is 0 Å². The van der Waals surface area contributed by atoms with Gasteiger partial charge in [-0.2, -0.15) is 0 Å². The lowest BCUT2D eigenvalue weighted by atomic mass is 9.80. The van der Waals surface area contributed by atoms with Gasteiger partial charge in [0, 0.05) is 12.0 Å². The van der Waals surface area contributed by atoms with Gasteiger partial charge in [-0.15, -0.1) is 0 Å². The van der Waals surface area contributed by atoms with Gasteiger partial charge in [-0.05, 0) is 19.8 Å². The fraction of sp³-hybridized carbons (Fsp3) is 0.833. The van der Waals surface area contributed by atoms with Gasteiger partial charge >= 0.3 is 5.97 Å². The summed E-state index contributed by atoms with van der Waals surface area (Å²) in [4.78, 5) is 22.7. The lowest BCUT2D eigenvalue weighted by Gasteiger charge is -2.32. The number of carbonyl (C=O) groups is 2. The first-order chi connectivity index (χ1) is 8.06. The SMILES string of the molecule is CCOC(=O)CNC(=O)CC1(N)CCCCC1. The summed E-state index contributed by atoms with van der Waals surface area (Å²) >= 11 is 0. The molecule has 0 atom stereocenters. The van der Waals surface area contributed by atoms with Crippen molar-refractivity contribution in [3.8, 4) is 0 Å². The normalized spacial score (nSPS) is 18.5. The number of esters is 1. The van der Waals surface area contributed by atoms with Gasteiger partial charge in [0.2, 0.25) is 5.91 Å². The molecule has 1 fully saturated rings. The largest absolute Gasteiger partial charge is 0.465 e. The molecule has 5 nitrogen and oxygen atoms in total. The molecule has 17 heavy (non-hydrogen) atoms. The number of amides is 1. The van der Waals surface area contributed by atoms with E-state index in [1.165, 1.54) is 6.42 Å². The van der Waals surface area contributed by atoms with Crippen molar-refractivity contribution >= 4 is 11.9 Å². The minimum absolute atomic E-state index is 0.0667. The topological polar surface area (TPSA) is 81.4 Å². The smallest absolute Gasteiger partial charge is 0.325 e. The molecule has 0 heterocycles. The molecule has 1 amide bonds. The van der Waals surface area contributed by atoms with E-state index in [4.69, 9.17) is 10.5 Å². The van der Waals surface area contributed by atoms with Crippen LogP contribution >= 0.6 is 0 Å². The van der Waals surface area contributed by atoms with Gasteiger partial charge in [-0.3, -0.25) is 9.59 Å². The highest BCUT2D eigenvalue weighted by Crippen LogP contribution is 2.28. The van der Waals surface area contributed by atoms with Crippen LogP contribution in [0.3, 0.4) is 0 Å². The Morgan fingerprint density at radius 2 is 1.94 bits per heavy atom. The molecule has 1 aliphatic carbocycles. The predicted molar refractivity (Wildman–Crippen MR) is 64.3 cm³/mol. The third-order valence-electron chi connectivity index (χ3n) is 3.10. The first-order valence-electron chi connectivity index (χ1n) is 6.27. The summed E-state index contributed by atoms with van der Waals surface area (Å²) in [6, 6.07) is 0. The van der Waals surface area contributed by atoms with E-state index in [2.05, 4.69) is 5.32 Å². The summed E-state index contributed by atoms with van der Waals surface area (Å²) in [6.45, 7) is 1.99. The van der Waals surface area contributed by atoms with Gasteiger partial charge in [-0.1, -0.05) is 19.3 Å². The third-order valence-corrected chi connectivity index (χ3v) is 3.10. The summed E-state index contributed by atoms with van der Waals surface area (Å²) in [5.74, 6) is -0.571. The number of rotatable bonds is 5. The molecule has 0 saturated heterocycles. The van der Waals surface area contributed by atoms with Crippen LogP contribution in [0.15, 0.2) is 0 Å². The van der Waals surface area contributed by atoms with Crippen molar-refractivity contribution in [2.24, 2.45) is 5.73 Å². The first-order valence-corrected chi connectivity index (χ1v) is 6.27. The maximum absolute atomic E-state index is 11.6. The van der Waals surface area contributed by atoms with Gasteiger partial charge in [-0.25, -0.2) is 0 Å². The standard InChI is InChI=1S/C12H22N2O3/c1-2-17-11(16)9-14-10(15)8-12(13)6-4-3-5-7-12/h2-9,13H2,1H3,(H,14,15). The van der Waals surface area contributed by atoms with Crippen molar-refractivity contribution in [2.45, 2.75) is 51.0 Å². The highest BCUT2D eigenvalue weighted by Gasteiger charge is 2.29. The van der Waals surface area contributed by atoms with E-state index in [0.717, 1.165) is 25.7 Å². The number of carbonyl (C=O) groups excluding carboxylic acids is 2. The van der Waals surface area contributed by atoms with Gasteiger partial charge in [0.15, 0.2) is 0 Å². The number of hydrogen-bond donors (Lipinski definition) is 2. The number of hydrogen-bond acceptors (Lipinski definition) is 4.